The first kappa shape index (κ1) is 12.2. The van der Waals surface area contributed by atoms with Gasteiger partial charge in [0.2, 0.25) is 0 Å². The molecule has 3 nitrogen and oxygen atoms in total. The summed E-state index contributed by atoms with van der Waals surface area (Å²) >= 11 is 5.96. The van der Waals surface area contributed by atoms with Gasteiger partial charge in [0.15, 0.2) is 0 Å². The Morgan fingerprint density at radius 1 is 1.11 bits per heavy atom. The van der Waals surface area contributed by atoms with Gasteiger partial charge in [0.05, 0.1) is 0 Å². The van der Waals surface area contributed by atoms with E-state index in [1.807, 2.05) is 12.1 Å². The molecule has 18 heavy (non-hydrogen) atoms. The second kappa shape index (κ2) is 5.45. The normalized spacial score (nSPS) is 25.6. The van der Waals surface area contributed by atoms with Gasteiger partial charge in [-0.25, -0.2) is 4.98 Å². The lowest BCUT2D eigenvalue weighted by Crippen LogP contribution is -2.40. The number of pyridine rings is 1. The fraction of sp³-hybridized carbons (Fsp3) is 0.643. The molecule has 0 bridgehead atoms. The highest BCUT2D eigenvalue weighted by atomic mass is 35.5. The van der Waals surface area contributed by atoms with Crippen LogP contribution in [0.2, 0.25) is 5.15 Å². The van der Waals surface area contributed by atoms with Crippen molar-refractivity contribution in [2.24, 2.45) is 0 Å². The van der Waals surface area contributed by atoms with Gasteiger partial charge < -0.3 is 4.90 Å². The van der Waals surface area contributed by atoms with E-state index in [9.17, 15) is 0 Å². The summed E-state index contributed by atoms with van der Waals surface area (Å²) in [5.41, 5.74) is 0. The van der Waals surface area contributed by atoms with Crippen LogP contribution in [0.1, 0.15) is 25.7 Å². The quantitative estimate of drug-likeness (QED) is 0.767. The number of anilines is 1. The molecule has 0 amide bonds. The average Bonchev–Trinajstić information content (AvgIpc) is 2.89. The van der Waals surface area contributed by atoms with Gasteiger partial charge >= 0.3 is 0 Å². The molecule has 0 spiro atoms. The van der Waals surface area contributed by atoms with Crippen molar-refractivity contribution in [1.29, 1.82) is 0 Å². The van der Waals surface area contributed by atoms with Crippen molar-refractivity contribution in [1.82, 2.24) is 9.88 Å². The maximum atomic E-state index is 5.96. The highest BCUT2D eigenvalue weighted by Crippen LogP contribution is 2.24. The zero-order valence-corrected chi connectivity index (χ0v) is 11.4. The molecule has 0 N–H and O–H groups in total. The Hall–Kier alpha value is -0.800. The number of rotatable bonds is 2. The van der Waals surface area contributed by atoms with Gasteiger partial charge in [0.25, 0.3) is 0 Å². The number of hydrogen-bond donors (Lipinski definition) is 0. The summed E-state index contributed by atoms with van der Waals surface area (Å²) in [5, 5.41) is 0.592. The van der Waals surface area contributed by atoms with Crippen molar-refractivity contribution in [3.8, 4) is 0 Å². The fourth-order valence-electron chi connectivity index (χ4n) is 3.11. The largest absolute Gasteiger partial charge is 0.355 e. The van der Waals surface area contributed by atoms with Crippen LogP contribution in [0.4, 0.5) is 5.82 Å². The summed E-state index contributed by atoms with van der Waals surface area (Å²) in [7, 11) is 0. The third-order valence-electron chi connectivity index (χ3n) is 4.09. The smallest absolute Gasteiger partial charge is 0.131 e. The van der Waals surface area contributed by atoms with E-state index in [4.69, 9.17) is 11.6 Å². The molecule has 1 aromatic rings. The molecule has 2 aliphatic rings. The molecule has 2 saturated heterocycles. The van der Waals surface area contributed by atoms with E-state index in [1.165, 1.54) is 38.8 Å². The Balaban J connectivity index is 1.64. The Bertz CT molecular complexity index is 404. The Morgan fingerprint density at radius 3 is 2.72 bits per heavy atom. The van der Waals surface area contributed by atoms with Crippen LogP contribution in [0.15, 0.2) is 18.2 Å². The van der Waals surface area contributed by atoms with Crippen molar-refractivity contribution < 1.29 is 0 Å². The second-order valence-electron chi connectivity index (χ2n) is 5.30. The van der Waals surface area contributed by atoms with Crippen LogP contribution in [0.3, 0.4) is 0 Å². The van der Waals surface area contributed by atoms with E-state index in [1.54, 1.807) is 0 Å². The van der Waals surface area contributed by atoms with E-state index < -0.39 is 0 Å². The van der Waals surface area contributed by atoms with Crippen LogP contribution < -0.4 is 4.90 Å². The average molecular weight is 266 g/mol. The molecule has 0 radical (unpaired) electrons. The van der Waals surface area contributed by atoms with Crippen LogP contribution in [-0.2, 0) is 0 Å². The van der Waals surface area contributed by atoms with Gasteiger partial charge in [-0.15, -0.1) is 0 Å². The molecule has 1 unspecified atom stereocenters. The monoisotopic (exact) mass is 265 g/mol. The van der Waals surface area contributed by atoms with Crippen LogP contribution in [0, 0.1) is 0 Å². The lowest BCUT2D eigenvalue weighted by atomic mass is 10.1. The Labute approximate surface area is 114 Å². The summed E-state index contributed by atoms with van der Waals surface area (Å²) < 4.78 is 0. The van der Waals surface area contributed by atoms with Crippen molar-refractivity contribution >= 4 is 17.4 Å². The topological polar surface area (TPSA) is 19.4 Å². The van der Waals surface area contributed by atoms with Crippen LogP contribution in [-0.4, -0.2) is 42.1 Å². The first-order valence-corrected chi connectivity index (χ1v) is 7.32. The summed E-state index contributed by atoms with van der Waals surface area (Å²) in [6.45, 7) is 4.77. The Kier molecular flexibility index (Phi) is 3.71. The van der Waals surface area contributed by atoms with E-state index in [0.29, 0.717) is 11.2 Å². The maximum absolute atomic E-state index is 5.96. The van der Waals surface area contributed by atoms with Crippen molar-refractivity contribution in [2.45, 2.75) is 31.7 Å². The minimum Gasteiger partial charge on any atom is -0.355 e. The third-order valence-corrected chi connectivity index (χ3v) is 4.31. The summed E-state index contributed by atoms with van der Waals surface area (Å²) in [6.07, 6.45) is 5.40. The van der Waals surface area contributed by atoms with Crippen molar-refractivity contribution in [3.63, 3.8) is 0 Å². The zero-order chi connectivity index (χ0) is 12.4. The summed E-state index contributed by atoms with van der Waals surface area (Å²) in [6, 6.07) is 6.60. The molecule has 98 valence electrons. The first-order valence-electron chi connectivity index (χ1n) is 6.94. The molecule has 2 fully saturated rings. The van der Waals surface area contributed by atoms with Gasteiger partial charge in [-0.05, 0) is 44.5 Å². The van der Waals surface area contributed by atoms with Crippen LogP contribution >= 0.6 is 11.6 Å². The summed E-state index contributed by atoms with van der Waals surface area (Å²) in [5.74, 6) is 1.03. The van der Waals surface area contributed by atoms with Gasteiger partial charge in [0, 0.05) is 19.1 Å². The predicted octanol–water partition coefficient (Wildman–Crippen LogP) is 2.80. The van der Waals surface area contributed by atoms with E-state index in [-0.39, 0.29) is 0 Å². The minimum atomic E-state index is 0.592. The highest BCUT2D eigenvalue weighted by Gasteiger charge is 2.28. The van der Waals surface area contributed by atoms with Gasteiger partial charge in [-0.1, -0.05) is 24.1 Å². The van der Waals surface area contributed by atoms with Gasteiger partial charge in [-0.3, -0.25) is 4.90 Å². The molecule has 3 heterocycles. The van der Waals surface area contributed by atoms with Crippen molar-refractivity contribution in [2.75, 3.05) is 31.1 Å². The van der Waals surface area contributed by atoms with Gasteiger partial charge in [-0.2, -0.15) is 0 Å². The molecule has 0 saturated carbocycles. The molecular weight excluding hydrogens is 246 g/mol. The lowest BCUT2D eigenvalue weighted by Gasteiger charge is -2.32. The van der Waals surface area contributed by atoms with Crippen LogP contribution in [0.5, 0.6) is 0 Å². The standard InChI is InChI=1S/C14H20ClN3/c15-13-5-4-6-14(16-13)18-10-7-12(11-18)17-8-2-1-3-9-17/h4-6,12H,1-3,7-11H2. The number of piperidine rings is 1. The molecule has 2 aliphatic heterocycles. The SMILES string of the molecule is Clc1cccc(N2CCC(N3CCCCC3)C2)n1. The Morgan fingerprint density at radius 2 is 1.94 bits per heavy atom. The summed E-state index contributed by atoms with van der Waals surface area (Å²) in [4.78, 5) is 9.43. The lowest BCUT2D eigenvalue weighted by molar-refractivity contribution is 0.175. The molecule has 0 aliphatic carbocycles. The molecule has 0 aromatic carbocycles. The highest BCUT2D eigenvalue weighted by molar-refractivity contribution is 6.29. The molecule has 1 aromatic heterocycles. The molecular formula is C14H20ClN3. The predicted molar refractivity (Wildman–Crippen MR) is 75.3 cm³/mol. The number of aromatic nitrogens is 1. The second-order valence-corrected chi connectivity index (χ2v) is 5.69. The van der Waals surface area contributed by atoms with Crippen molar-refractivity contribution in [3.05, 3.63) is 23.4 Å². The molecule has 3 rings (SSSR count). The third kappa shape index (κ3) is 2.62. The number of likely N-dealkylation sites (tertiary alicyclic amines) is 1. The zero-order valence-electron chi connectivity index (χ0n) is 10.7. The van der Waals surface area contributed by atoms with Gasteiger partial charge in [0.1, 0.15) is 11.0 Å². The van der Waals surface area contributed by atoms with E-state index >= 15 is 0 Å². The molecule has 4 heteroatoms. The minimum absolute atomic E-state index is 0.592. The maximum Gasteiger partial charge on any atom is 0.131 e. The van der Waals surface area contributed by atoms with E-state index in [0.717, 1.165) is 18.9 Å². The number of halogens is 1. The number of nitrogens with zero attached hydrogens (tertiary/aromatic N) is 3. The number of hydrogen-bond acceptors (Lipinski definition) is 3. The first-order chi connectivity index (χ1) is 8.83. The fourth-order valence-corrected chi connectivity index (χ4v) is 3.26. The molecule has 1 atom stereocenters. The van der Waals surface area contributed by atoms with E-state index in [2.05, 4.69) is 20.9 Å². The van der Waals surface area contributed by atoms with Crippen LogP contribution in [0.25, 0.3) is 0 Å².